The van der Waals surface area contributed by atoms with Crippen molar-refractivity contribution in [3.63, 3.8) is 0 Å². The normalized spacial score (nSPS) is 23.9. The third-order valence-corrected chi connectivity index (χ3v) is 2.82. The van der Waals surface area contributed by atoms with Gasteiger partial charge in [-0.15, -0.1) is 0 Å². The van der Waals surface area contributed by atoms with Crippen LogP contribution in [0.1, 0.15) is 27.2 Å². The van der Waals surface area contributed by atoms with E-state index in [1.807, 2.05) is 11.2 Å². The first-order chi connectivity index (χ1) is 4.55. The van der Waals surface area contributed by atoms with Crippen molar-refractivity contribution in [3.8, 4) is 0 Å². The summed E-state index contributed by atoms with van der Waals surface area (Å²) in [6.07, 6.45) is 0.686. The van der Waals surface area contributed by atoms with Crippen molar-refractivity contribution >= 4 is 17.9 Å². The summed E-state index contributed by atoms with van der Waals surface area (Å²) in [5, 5.41) is 0. The Hall–Kier alpha value is -0.180. The molecule has 0 aromatic heterocycles. The van der Waals surface area contributed by atoms with Crippen LogP contribution in [-0.4, -0.2) is 21.5 Å². The van der Waals surface area contributed by atoms with Crippen LogP contribution in [0.4, 0.5) is 0 Å². The predicted octanol–water partition coefficient (Wildman–Crippen LogP) is 1.67. The number of nitrogens with zero attached hydrogens (tertiary/aromatic N) is 1. The third kappa shape index (κ3) is 1.45. The molecule has 1 rings (SSSR count). The molecule has 1 amide bonds. The van der Waals surface area contributed by atoms with Crippen molar-refractivity contribution in [2.75, 3.05) is 6.54 Å². The summed E-state index contributed by atoms with van der Waals surface area (Å²) in [6.45, 7) is 7.04. The number of amides is 1. The van der Waals surface area contributed by atoms with E-state index in [9.17, 15) is 4.79 Å². The number of carbonyl (C=O) groups is 1. The number of hydrogen-bond acceptors (Lipinski definition) is 2. The van der Waals surface area contributed by atoms with Gasteiger partial charge in [-0.05, 0) is 32.7 Å². The van der Waals surface area contributed by atoms with Gasteiger partial charge in [-0.3, -0.25) is 9.10 Å². The quantitative estimate of drug-likeness (QED) is 0.542. The summed E-state index contributed by atoms with van der Waals surface area (Å²) < 4.78 is 1.97. The lowest BCUT2D eigenvalue weighted by molar-refractivity contribution is -0.125. The van der Waals surface area contributed by atoms with E-state index in [1.54, 1.807) is 11.9 Å². The third-order valence-electron chi connectivity index (χ3n) is 1.50. The first kappa shape index (κ1) is 7.92. The Morgan fingerprint density at radius 3 is 2.50 bits per heavy atom. The Bertz CT molecular complexity index is 156. The summed E-state index contributed by atoms with van der Waals surface area (Å²) in [5.74, 6) is 0.275. The van der Waals surface area contributed by atoms with Crippen molar-refractivity contribution in [2.24, 2.45) is 0 Å². The van der Waals surface area contributed by atoms with Crippen LogP contribution in [0.15, 0.2) is 0 Å². The first-order valence-electron chi connectivity index (χ1n) is 3.54. The van der Waals surface area contributed by atoms with Gasteiger partial charge in [0.25, 0.3) is 0 Å². The van der Waals surface area contributed by atoms with Gasteiger partial charge < -0.3 is 0 Å². The largest absolute Gasteiger partial charge is 0.286 e. The molecule has 10 heavy (non-hydrogen) atoms. The number of carbonyl (C=O) groups excluding carboxylic acids is 1. The molecule has 1 saturated heterocycles. The summed E-state index contributed by atoms with van der Waals surface area (Å²) in [5.41, 5.74) is 0. The molecule has 3 heteroatoms. The molecule has 0 saturated carbocycles. The van der Waals surface area contributed by atoms with E-state index in [1.165, 1.54) is 0 Å². The van der Waals surface area contributed by atoms with Gasteiger partial charge in [0.2, 0.25) is 5.91 Å². The molecule has 0 unspecified atom stereocenters. The van der Waals surface area contributed by atoms with E-state index in [0.717, 1.165) is 6.54 Å². The van der Waals surface area contributed by atoms with Crippen LogP contribution in [0.3, 0.4) is 0 Å². The van der Waals surface area contributed by atoms with Crippen LogP contribution in [0.2, 0.25) is 0 Å². The minimum Gasteiger partial charge on any atom is -0.286 e. The van der Waals surface area contributed by atoms with Gasteiger partial charge in [0.05, 0.1) is 0 Å². The molecule has 2 nitrogen and oxygen atoms in total. The molecule has 0 aromatic rings. The lowest BCUT2D eigenvalue weighted by Gasteiger charge is -2.15. The van der Waals surface area contributed by atoms with Gasteiger partial charge in [-0.25, -0.2) is 0 Å². The minimum atomic E-state index is 0.132. The summed E-state index contributed by atoms with van der Waals surface area (Å²) in [4.78, 5) is 11.1. The zero-order valence-corrected chi connectivity index (χ0v) is 7.49. The van der Waals surface area contributed by atoms with Crippen LogP contribution in [0.5, 0.6) is 0 Å². The highest BCUT2D eigenvalue weighted by Gasteiger charge is 2.35. The van der Waals surface area contributed by atoms with E-state index in [2.05, 4.69) is 13.8 Å². The van der Waals surface area contributed by atoms with Crippen molar-refractivity contribution in [2.45, 2.75) is 31.9 Å². The topological polar surface area (TPSA) is 20.3 Å². The van der Waals surface area contributed by atoms with Crippen LogP contribution in [0.25, 0.3) is 0 Å². The molecule has 58 valence electrons. The molecule has 1 heterocycles. The predicted molar refractivity (Wildman–Crippen MR) is 43.7 cm³/mol. The Labute approximate surface area is 66.1 Å². The molecular weight excluding hydrogens is 146 g/mol. The first-order valence-corrected chi connectivity index (χ1v) is 4.32. The molecular formula is C7H13NOS. The van der Waals surface area contributed by atoms with Gasteiger partial charge in [-0.1, -0.05) is 0 Å². The molecule has 0 atom stereocenters. The Kier molecular flexibility index (Phi) is 1.95. The van der Waals surface area contributed by atoms with Crippen LogP contribution < -0.4 is 0 Å². The smallest absolute Gasteiger partial charge is 0.233 e. The van der Waals surface area contributed by atoms with E-state index >= 15 is 0 Å². The Morgan fingerprint density at radius 1 is 1.70 bits per heavy atom. The van der Waals surface area contributed by atoms with Crippen LogP contribution >= 0.6 is 11.9 Å². The average molecular weight is 159 g/mol. The monoisotopic (exact) mass is 159 g/mol. The maximum Gasteiger partial charge on any atom is 0.233 e. The zero-order chi connectivity index (χ0) is 7.78. The lowest BCUT2D eigenvalue weighted by Crippen LogP contribution is -2.16. The van der Waals surface area contributed by atoms with E-state index in [-0.39, 0.29) is 10.7 Å². The van der Waals surface area contributed by atoms with Crippen molar-refractivity contribution in [1.29, 1.82) is 0 Å². The summed E-state index contributed by atoms with van der Waals surface area (Å²) in [7, 11) is 0. The van der Waals surface area contributed by atoms with Gasteiger partial charge in [-0.2, -0.15) is 0 Å². The fourth-order valence-electron chi connectivity index (χ4n) is 1.07. The zero-order valence-electron chi connectivity index (χ0n) is 6.68. The molecule has 0 spiro atoms. The highest BCUT2D eigenvalue weighted by atomic mass is 32.2. The second-order valence-corrected chi connectivity index (χ2v) is 4.84. The second kappa shape index (κ2) is 2.46. The van der Waals surface area contributed by atoms with Crippen molar-refractivity contribution < 1.29 is 4.79 Å². The van der Waals surface area contributed by atoms with Crippen LogP contribution in [-0.2, 0) is 4.79 Å². The van der Waals surface area contributed by atoms with Crippen LogP contribution in [0, 0.1) is 0 Å². The fourth-order valence-corrected chi connectivity index (χ4v) is 2.15. The van der Waals surface area contributed by atoms with Gasteiger partial charge in [0.1, 0.15) is 0 Å². The average Bonchev–Trinajstić information content (AvgIpc) is 2.05. The number of rotatable bonds is 1. The molecule has 0 bridgehead atoms. The molecule has 0 aliphatic carbocycles. The fraction of sp³-hybridized carbons (Fsp3) is 0.857. The molecule has 0 radical (unpaired) electrons. The number of hydrogen-bond donors (Lipinski definition) is 0. The molecule has 1 aliphatic rings. The molecule has 0 aromatic carbocycles. The van der Waals surface area contributed by atoms with E-state index in [0.29, 0.717) is 6.42 Å². The van der Waals surface area contributed by atoms with Crippen molar-refractivity contribution in [3.05, 3.63) is 0 Å². The molecule has 0 N–H and O–H groups in total. The lowest BCUT2D eigenvalue weighted by atomic mass is 10.1. The van der Waals surface area contributed by atoms with Gasteiger partial charge in [0, 0.05) is 17.7 Å². The SMILES string of the molecule is CCN1SC(C)(C)CC1=O. The molecule has 1 fully saturated rings. The highest BCUT2D eigenvalue weighted by Crippen LogP contribution is 2.38. The maximum atomic E-state index is 11.1. The minimum absolute atomic E-state index is 0.132. The van der Waals surface area contributed by atoms with E-state index in [4.69, 9.17) is 0 Å². The standard InChI is InChI=1S/C7H13NOS/c1-4-8-6(9)5-7(2,3)10-8/h4-5H2,1-3H3. The van der Waals surface area contributed by atoms with Crippen molar-refractivity contribution in [1.82, 2.24) is 4.31 Å². The summed E-state index contributed by atoms with van der Waals surface area (Å²) in [6, 6.07) is 0. The Balaban J connectivity index is 2.61. The second-order valence-electron chi connectivity index (χ2n) is 3.12. The Morgan fingerprint density at radius 2 is 2.30 bits per heavy atom. The van der Waals surface area contributed by atoms with Gasteiger partial charge in [0.15, 0.2) is 0 Å². The van der Waals surface area contributed by atoms with E-state index < -0.39 is 0 Å². The van der Waals surface area contributed by atoms with Gasteiger partial charge >= 0.3 is 0 Å². The highest BCUT2D eigenvalue weighted by molar-refractivity contribution is 7.99. The molecule has 1 aliphatic heterocycles. The maximum absolute atomic E-state index is 11.1. The summed E-state index contributed by atoms with van der Waals surface area (Å²) >= 11 is 1.66.